The second-order valence-corrected chi connectivity index (χ2v) is 12.8. The summed E-state index contributed by atoms with van der Waals surface area (Å²) in [4.78, 5) is 28.6. The van der Waals surface area contributed by atoms with Crippen LogP contribution < -0.4 is 14.4 Å². The fourth-order valence-corrected chi connectivity index (χ4v) is 5.72. The summed E-state index contributed by atoms with van der Waals surface area (Å²) >= 11 is 6.00. The molecule has 0 aliphatic heterocycles. The highest BCUT2D eigenvalue weighted by atomic mass is 35.5. The van der Waals surface area contributed by atoms with Crippen molar-refractivity contribution in [2.75, 3.05) is 18.0 Å². The van der Waals surface area contributed by atoms with Gasteiger partial charge in [-0.3, -0.25) is 13.9 Å². The molecule has 0 fully saturated rings. The maximum Gasteiger partial charge on any atom is 0.264 e. The van der Waals surface area contributed by atoms with Gasteiger partial charge in [0.15, 0.2) is 0 Å². The third-order valence-corrected chi connectivity index (χ3v) is 8.24. The summed E-state index contributed by atoms with van der Waals surface area (Å²) in [5, 5.41) is 3.31. The summed E-state index contributed by atoms with van der Waals surface area (Å²) < 4.78 is 34.2. The van der Waals surface area contributed by atoms with E-state index in [0.717, 1.165) is 9.87 Å². The summed E-state index contributed by atoms with van der Waals surface area (Å²) in [5.74, 6) is -0.296. The number of hydrogen-bond donors (Lipinski definition) is 1. The zero-order valence-corrected chi connectivity index (χ0v) is 25.2. The molecule has 214 valence electrons. The molecule has 3 aromatic rings. The second kappa shape index (κ2) is 12.7. The molecule has 0 bridgehead atoms. The highest BCUT2D eigenvalue weighted by Gasteiger charge is 2.33. The largest absolute Gasteiger partial charge is 0.497 e. The van der Waals surface area contributed by atoms with Crippen molar-refractivity contribution in [3.63, 3.8) is 0 Å². The van der Waals surface area contributed by atoms with E-state index in [1.165, 1.54) is 29.2 Å². The van der Waals surface area contributed by atoms with Gasteiger partial charge in [-0.15, -0.1) is 0 Å². The maximum atomic E-state index is 14.0. The Balaban J connectivity index is 2.06. The van der Waals surface area contributed by atoms with Gasteiger partial charge in [-0.1, -0.05) is 41.9 Å². The number of methoxy groups -OCH3 is 1. The van der Waals surface area contributed by atoms with Crippen molar-refractivity contribution in [1.82, 2.24) is 10.2 Å². The SMILES string of the molecule is COc1cccc(CN(C(=O)CN(c2ccccc2C)S(=O)(=O)c2ccc(Cl)cc2)C(C)C(=O)NC(C)(C)C)c1. The van der Waals surface area contributed by atoms with Crippen LogP contribution in [-0.4, -0.2) is 50.4 Å². The number of carbonyl (C=O) groups excluding carboxylic acids is 2. The molecule has 3 rings (SSSR count). The molecule has 1 unspecified atom stereocenters. The van der Waals surface area contributed by atoms with E-state index in [1.54, 1.807) is 63.4 Å². The Labute approximate surface area is 241 Å². The summed E-state index contributed by atoms with van der Waals surface area (Å²) in [6.07, 6.45) is 0. The van der Waals surface area contributed by atoms with Crippen LogP contribution in [0.15, 0.2) is 77.7 Å². The van der Waals surface area contributed by atoms with Crippen LogP contribution in [0, 0.1) is 6.92 Å². The molecule has 1 atom stereocenters. The van der Waals surface area contributed by atoms with E-state index in [1.807, 2.05) is 26.8 Å². The number of nitrogens with zero attached hydrogens (tertiary/aromatic N) is 2. The Morgan fingerprint density at radius 1 is 1.00 bits per heavy atom. The molecule has 8 nitrogen and oxygen atoms in total. The first-order valence-electron chi connectivity index (χ1n) is 12.8. The van der Waals surface area contributed by atoms with Crippen molar-refractivity contribution in [2.45, 2.75) is 57.6 Å². The summed E-state index contributed by atoms with van der Waals surface area (Å²) in [7, 11) is -2.63. The first-order valence-corrected chi connectivity index (χ1v) is 14.6. The Hall–Kier alpha value is -3.56. The van der Waals surface area contributed by atoms with Gasteiger partial charge in [-0.25, -0.2) is 8.42 Å². The number of aryl methyl sites for hydroxylation is 1. The summed E-state index contributed by atoms with van der Waals surface area (Å²) in [5.41, 5.74) is 1.23. The van der Waals surface area contributed by atoms with Crippen molar-refractivity contribution in [3.05, 3.63) is 88.9 Å². The van der Waals surface area contributed by atoms with Gasteiger partial charge in [0, 0.05) is 17.1 Å². The van der Waals surface area contributed by atoms with Crippen LogP contribution in [0.2, 0.25) is 5.02 Å². The standard InChI is InChI=1S/C30H36ClN3O5S/c1-21-10-7-8-13-27(21)34(40(37,38)26-16-14-24(31)15-17-26)20-28(35)33(22(2)29(36)32-30(3,4)5)19-23-11-9-12-25(18-23)39-6/h7-18,22H,19-20H2,1-6H3,(H,32,36). The number of sulfonamides is 1. The van der Waals surface area contributed by atoms with Gasteiger partial charge < -0.3 is 15.0 Å². The van der Waals surface area contributed by atoms with E-state index < -0.39 is 34.1 Å². The van der Waals surface area contributed by atoms with Crippen molar-refractivity contribution in [2.24, 2.45) is 0 Å². The predicted molar refractivity (Wildman–Crippen MR) is 158 cm³/mol. The lowest BCUT2D eigenvalue weighted by atomic mass is 10.1. The molecule has 0 aliphatic rings. The van der Waals surface area contributed by atoms with Crippen LogP contribution in [0.25, 0.3) is 0 Å². The number of rotatable bonds is 10. The van der Waals surface area contributed by atoms with Crippen molar-refractivity contribution < 1.29 is 22.7 Å². The van der Waals surface area contributed by atoms with Crippen LogP contribution in [0.3, 0.4) is 0 Å². The van der Waals surface area contributed by atoms with Gasteiger partial charge in [0.05, 0.1) is 17.7 Å². The molecule has 2 amide bonds. The topological polar surface area (TPSA) is 96.0 Å². The third kappa shape index (κ3) is 7.76. The Morgan fingerprint density at radius 2 is 1.65 bits per heavy atom. The monoisotopic (exact) mass is 585 g/mol. The van der Waals surface area contributed by atoms with E-state index in [-0.39, 0.29) is 17.3 Å². The zero-order valence-electron chi connectivity index (χ0n) is 23.6. The highest BCUT2D eigenvalue weighted by Crippen LogP contribution is 2.28. The number of para-hydroxylation sites is 1. The molecule has 0 aromatic heterocycles. The van der Waals surface area contributed by atoms with Crippen LogP contribution in [-0.2, 0) is 26.2 Å². The lowest BCUT2D eigenvalue weighted by molar-refractivity contribution is -0.140. The highest BCUT2D eigenvalue weighted by molar-refractivity contribution is 7.92. The normalized spacial score (nSPS) is 12.4. The fourth-order valence-electron chi connectivity index (χ4n) is 4.11. The van der Waals surface area contributed by atoms with Gasteiger partial charge in [0.1, 0.15) is 18.3 Å². The molecule has 10 heteroatoms. The van der Waals surface area contributed by atoms with Crippen LogP contribution in [0.5, 0.6) is 5.75 Å². The average molecular weight is 586 g/mol. The lowest BCUT2D eigenvalue weighted by Crippen LogP contribution is -2.54. The second-order valence-electron chi connectivity index (χ2n) is 10.5. The predicted octanol–water partition coefficient (Wildman–Crippen LogP) is 5.18. The minimum atomic E-state index is -4.17. The maximum absolute atomic E-state index is 14.0. The third-order valence-electron chi connectivity index (χ3n) is 6.22. The van der Waals surface area contributed by atoms with Crippen molar-refractivity contribution in [3.8, 4) is 5.75 Å². The van der Waals surface area contributed by atoms with Crippen LogP contribution in [0.1, 0.15) is 38.8 Å². The lowest BCUT2D eigenvalue weighted by Gasteiger charge is -2.34. The van der Waals surface area contributed by atoms with Gasteiger partial charge in [0.2, 0.25) is 11.8 Å². The molecule has 0 heterocycles. The molecule has 0 spiro atoms. The fraction of sp³-hybridized carbons (Fsp3) is 0.333. The van der Waals surface area contributed by atoms with Gasteiger partial charge >= 0.3 is 0 Å². The van der Waals surface area contributed by atoms with Gasteiger partial charge in [-0.2, -0.15) is 0 Å². The minimum absolute atomic E-state index is 0.00850. The minimum Gasteiger partial charge on any atom is -0.497 e. The molecular formula is C30H36ClN3O5S. The zero-order chi connectivity index (χ0) is 29.7. The number of anilines is 1. The van der Waals surface area contributed by atoms with E-state index in [9.17, 15) is 18.0 Å². The van der Waals surface area contributed by atoms with E-state index in [2.05, 4.69) is 5.32 Å². The number of nitrogens with one attached hydrogen (secondary N) is 1. The number of amides is 2. The smallest absolute Gasteiger partial charge is 0.264 e. The molecule has 40 heavy (non-hydrogen) atoms. The van der Waals surface area contributed by atoms with Crippen LogP contribution in [0.4, 0.5) is 5.69 Å². The van der Waals surface area contributed by atoms with E-state index in [0.29, 0.717) is 22.0 Å². The Morgan fingerprint density at radius 3 is 2.25 bits per heavy atom. The molecule has 1 N–H and O–H groups in total. The number of halogens is 1. The first kappa shape index (κ1) is 31.0. The van der Waals surface area contributed by atoms with Crippen molar-refractivity contribution in [1.29, 1.82) is 0 Å². The number of ether oxygens (including phenoxy) is 1. The molecule has 0 radical (unpaired) electrons. The van der Waals surface area contributed by atoms with E-state index in [4.69, 9.17) is 16.3 Å². The number of benzene rings is 3. The quantitative estimate of drug-likeness (QED) is 0.353. The number of carbonyl (C=O) groups is 2. The van der Waals surface area contributed by atoms with Crippen molar-refractivity contribution >= 4 is 39.1 Å². The molecule has 0 saturated carbocycles. The summed E-state index contributed by atoms with van der Waals surface area (Å²) in [6, 6.07) is 19.0. The van der Waals surface area contributed by atoms with E-state index >= 15 is 0 Å². The average Bonchev–Trinajstić information content (AvgIpc) is 2.89. The molecule has 3 aromatic carbocycles. The Bertz CT molecular complexity index is 1450. The van der Waals surface area contributed by atoms with Gasteiger partial charge in [-0.05, 0) is 88.2 Å². The molecule has 0 aliphatic carbocycles. The molecular weight excluding hydrogens is 550 g/mol. The molecule has 0 saturated heterocycles. The number of hydrogen-bond acceptors (Lipinski definition) is 5. The Kier molecular flexibility index (Phi) is 9.87. The summed E-state index contributed by atoms with van der Waals surface area (Å²) in [6.45, 7) is 8.51. The first-order chi connectivity index (χ1) is 18.7. The van der Waals surface area contributed by atoms with Crippen LogP contribution >= 0.6 is 11.6 Å². The van der Waals surface area contributed by atoms with Gasteiger partial charge in [0.25, 0.3) is 10.0 Å².